The number of amides is 1. The molecule has 4 heteroatoms. The second-order valence-electron chi connectivity index (χ2n) is 5.29. The summed E-state index contributed by atoms with van der Waals surface area (Å²) in [6.07, 6.45) is 5.61. The van der Waals surface area contributed by atoms with Crippen molar-refractivity contribution in [3.63, 3.8) is 0 Å². The number of hydrogen-bond donors (Lipinski definition) is 1. The molecule has 0 aromatic carbocycles. The Hall–Kier alpha value is -0.610. The molecule has 0 aromatic rings. The van der Waals surface area contributed by atoms with E-state index in [-0.39, 0.29) is 11.9 Å². The number of carbonyl (C=O) groups is 1. The number of nitrogens with zero attached hydrogens (tertiary/aromatic N) is 1. The molecule has 4 nitrogen and oxygen atoms in total. The minimum atomic E-state index is 0.0665. The molecule has 1 N–H and O–H groups in total. The molecular formula is C14H28N2O2. The van der Waals surface area contributed by atoms with Crippen LogP contribution >= 0.6 is 0 Å². The molecule has 0 spiro atoms. The van der Waals surface area contributed by atoms with Gasteiger partial charge in [-0.2, -0.15) is 0 Å². The fraction of sp³-hybridized carbons (Fsp3) is 0.929. The lowest BCUT2D eigenvalue weighted by atomic mass is 10.1. The van der Waals surface area contributed by atoms with Gasteiger partial charge < -0.3 is 9.64 Å². The third kappa shape index (κ3) is 5.36. The van der Waals surface area contributed by atoms with Crippen molar-refractivity contribution in [3.8, 4) is 0 Å². The van der Waals surface area contributed by atoms with Crippen LogP contribution in [0.25, 0.3) is 0 Å². The van der Waals surface area contributed by atoms with Crippen molar-refractivity contribution in [2.45, 2.75) is 65.0 Å². The quantitative estimate of drug-likeness (QED) is 0.643. The summed E-state index contributed by atoms with van der Waals surface area (Å²) in [5, 5.41) is 3.30. The normalized spacial score (nSPS) is 20.1. The van der Waals surface area contributed by atoms with Crippen molar-refractivity contribution in [2.24, 2.45) is 0 Å². The van der Waals surface area contributed by atoms with Crippen LogP contribution in [0.15, 0.2) is 0 Å². The lowest BCUT2D eigenvalue weighted by molar-refractivity contribution is -0.129. The SMILES string of the molecule is CCCCC1NCN(CCCCOC(C)C)C1=O. The zero-order valence-electron chi connectivity index (χ0n) is 12.1. The van der Waals surface area contributed by atoms with Crippen LogP contribution in [0, 0.1) is 0 Å². The Balaban J connectivity index is 2.10. The summed E-state index contributed by atoms with van der Waals surface area (Å²) in [7, 11) is 0. The number of hydrogen-bond acceptors (Lipinski definition) is 3. The van der Waals surface area contributed by atoms with Crippen LogP contribution in [0.4, 0.5) is 0 Å². The molecule has 18 heavy (non-hydrogen) atoms. The zero-order valence-corrected chi connectivity index (χ0v) is 12.1. The average molecular weight is 256 g/mol. The van der Waals surface area contributed by atoms with Gasteiger partial charge in [-0.1, -0.05) is 19.8 Å². The summed E-state index contributed by atoms with van der Waals surface area (Å²) < 4.78 is 5.49. The van der Waals surface area contributed by atoms with Gasteiger partial charge >= 0.3 is 0 Å². The van der Waals surface area contributed by atoms with Crippen molar-refractivity contribution >= 4 is 5.91 Å². The Kier molecular flexibility index (Phi) is 7.28. The van der Waals surface area contributed by atoms with Gasteiger partial charge in [-0.05, 0) is 33.1 Å². The summed E-state index contributed by atoms with van der Waals surface area (Å²) in [6, 6.07) is 0.0665. The van der Waals surface area contributed by atoms with E-state index in [1.807, 2.05) is 18.7 Å². The molecular weight excluding hydrogens is 228 g/mol. The van der Waals surface area contributed by atoms with Crippen LogP contribution < -0.4 is 5.32 Å². The fourth-order valence-corrected chi connectivity index (χ4v) is 2.15. The molecule has 0 aliphatic carbocycles. The minimum absolute atomic E-state index is 0.0665. The van der Waals surface area contributed by atoms with Crippen LogP contribution in [0.3, 0.4) is 0 Å². The molecule has 106 valence electrons. The van der Waals surface area contributed by atoms with Gasteiger partial charge in [0.25, 0.3) is 0 Å². The van der Waals surface area contributed by atoms with E-state index in [0.717, 1.165) is 51.9 Å². The Morgan fingerprint density at radius 2 is 2.17 bits per heavy atom. The Morgan fingerprint density at radius 1 is 1.39 bits per heavy atom. The second kappa shape index (κ2) is 8.48. The molecule has 1 atom stereocenters. The number of unbranched alkanes of at least 4 members (excludes halogenated alkanes) is 2. The first-order chi connectivity index (χ1) is 8.65. The van der Waals surface area contributed by atoms with E-state index in [1.54, 1.807) is 0 Å². The zero-order chi connectivity index (χ0) is 13.4. The molecule has 1 amide bonds. The molecule has 0 bridgehead atoms. The summed E-state index contributed by atoms with van der Waals surface area (Å²) in [4.78, 5) is 14.0. The first-order valence-corrected chi connectivity index (χ1v) is 7.29. The van der Waals surface area contributed by atoms with E-state index in [1.165, 1.54) is 0 Å². The van der Waals surface area contributed by atoms with Crippen molar-refractivity contribution in [1.29, 1.82) is 0 Å². The Bertz CT molecular complexity index is 244. The van der Waals surface area contributed by atoms with Gasteiger partial charge in [0.2, 0.25) is 5.91 Å². The number of rotatable bonds is 9. The van der Waals surface area contributed by atoms with Crippen LogP contribution in [0.1, 0.15) is 52.9 Å². The average Bonchev–Trinajstić information content (AvgIpc) is 2.67. The molecule has 1 heterocycles. The molecule has 1 unspecified atom stereocenters. The number of nitrogens with one attached hydrogen (secondary N) is 1. The van der Waals surface area contributed by atoms with Crippen LogP contribution in [-0.4, -0.2) is 42.8 Å². The standard InChI is InChI=1S/C14H28N2O2/c1-4-5-8-13-14(17)16(11-15-13)9-6-7-10-18-12(2)3/h12-13,15H,4-11H2,1-3H3. The summed E-state index contributed by atoms with van der Waals surface area (Å²) >= 11 is 0. The summed E-state index contributed by atoms with van der Waals surface area (Å²) in [5.41, 5.74) is 0. The predicted molar refractivity (Wildman–Crippen MR) is 73.4 cm³/mol. The maximum atomic E-state index is 12.0. The maximum absolute atomic E-state index is 12.0. The van der Waals surface area contributed by atoms with Crippen molar-refractivity contribution < 1.29 is 9.53 Å². The Labute approximate surface area is 111 Å². The molecule has 1 aliphatic rings. The number of ether oxygens (including phenoxy) is 1. The third-order valence-corrected chi connectivity index (χ3v) is 3.26. The molecule has 0 aromatic heterocycles. The van der Waals surface area contributed by atoms with Gasteiger partial charge in [0.05, 0.1) is 18.8 Å². The van der Waals surface area contributed by atoms with E-state index in [9.17, 15) is 4.79 Å². The summed E-state index contributed by atoms with van der Waals surface area (Å²) in [5.74, 6) is 0.285. The fourth-order valence-electron chi connectivity index (χ4n) is 2.15. The highest BCUT2D eigenvalue weighted by molar-refractivity contribution is 5.83. The highest BCUT2D eigenvalue weighted by atomic mass is 16.5. The minimum Gasteiger partial charge on any atom is -0.379 e. The first kappa shape index (κ1) is 15.4. The van der Waals surface area contributed by atoms with Gasteiger partial charge in [0.1, 0.15) is 0 Å². The van der Waals surface area contributed by atoms with Crippen LogP contribution in [0.2, 0.25) is 0 Å². The largest absolute Gasteiger partial charge is 0.379 e. The maximum Gasteiger partial charge on any atom is 0.240 e. The molecule has 1 aliphatic heterocycles. The van der Waals surface area contributed by atoms with Crippen molar-refractivity contribution in [1.82, 2.24) is 10.2 Å². The van der Waals surface area contributed by atoms with Crippen molar-refractivity contribution in [3.05, 3.63) is 0 Å². The predicted octanol–water partition coefficient (Wildman–Crippen LogP) is 2.14. The van der Waals surface area contributed by atoms with Gasteiger partial charge in [-0.25, -0.2) is 0 Å². The number of carbonyl (C=O) groups excluding carboxylic acids is 1. The molecule has 0 saturated carbocycles. The lowest BCUT2D eigenvalue weighted by Crippen LogP contribution is -2.31. The molecule has 1 fully saturated rings. The van der Waals surface area contributed by atoms with E-state index < -0.39 is 0 Å². The lowest BCUT2D eigenvalue weighted by Gasteiger charge is -2.15. The first-order valence-electron chi connectivity index (χ1n) is 7.29. The van der Waals surface area contributed by atoms with Crippen molar-refractivity contribution in [2.75, 3.05) is 19.8 Å². The van der Waals surface area contributed by atoms with Gasteiger partial charge in [-0.3, -0.25) is 10.1 Å². The molecule has 1 rings (SSSR count). The second-order valence-corrected chi connectivity index (χ2v) is 5.29. The Morgan fingerprint density at radius 3 is 2.83 bits per heavy atom. The molecule has 1 saturated heterocycles. The van der Waals surface area contributed by atoms with E-state index in [4.69, 9.17) is 4.74 Å². The van der Waals surface area contributed by atoms with E-state index >= 15 is 0 Å². The van der Waals surface area contributed by atoms with Gasteiger partial charge in [0, 0.05) is 13.2 Å². The van der Waals surface area contributed by atoms with E-state index in [2.05, 4.69) is 12.2 Å². The summed E-state index contributed by atoms with van der Waals surface area (Å²) in [6.45, 7) is 8.63. The topological polar surface area (TPSA) is 41.6 Å². The monoisotopic (exact) mass is 256 g/mol. The highest BCUT2D eigenvalue weighted by Crippen LogP contribution is 2.11. The van der Waals surface area contributed by atoms with Crippen LogP contribution in [0.5, 0.6) is 0 Å². The van der Waals surface area contributed by atoms with E-state index in [0.29, 0.717) is 6.10 Å². The van der Waals surface area contributed by atoms with Crippen LogP contribution in [-0.2, 0) is 9.53 Å². The highest BCUT2D eigenvalue weighted by Gasteiger charge is 2.29. The van der Waals surface area contributed by atoms with Gasteiger partial charge in [-0.15, -0.1) is 0 Å². The molecule has 0 radical (unpaired) electrons. The third-order valence-electron chi connectivity index (χ3n) is 3.26. The van der Waals surface area contributed by atoms with Gasteiger partial charge in [0.15, 0.2) is 0 Å². The smallest absolute Gasteiger partial charge is 0.240 e.